The van der Waals surface area contributed by atoms with Gasteiger partial charge in [-0.05, 0) is 27.1 Å². The highest BCUT2D eigenvalue weighted by Crippen LogP contribution is 2.16. The maximum absolute atomic E-state index is 5.56. The fraction of sp³-hybridized carbons (Fsp3) is 0.750. The van der Waals surface area contributed by atoms with E-state index in [4.69, 9.17) is 5.73 Å². The van der Waals surface area contributed by atoms with Crippen LogP contribution in [0.1, 0.15) is 6.42 Å². The van der Waals surface area contributed by atoms with E-state index in [1.54, 1.807) is 16.3 Å². The third kappa shape index (κ3) is 3.19. The van der Waals surface area contributed by atoms with Crippen molar-refractivity contribution in [1.29, 1.82) is 0 Å². The number of aromatic nitrogens is 3. The minimum atomic E-state index is 0.472. The van der Waals surface area contributed by atoms with E-state index in [9.17, 15) is 0 Å². The molecule has 0 aliphatic heterocycles. The van der Waals surface area contributed by atoms with E-state index in [-0.39, 0.29) is 0 Å². The molecule has 14 heavy (non-hydrogen) atoms. The van der Waals surface area contributed by atoms with Crippen molar-refractivity contribution in [3.05, 3.63) is 0 Å². The molecule has 2 N–H and O–H groups in total. The third-order valence-electron chi connectivity index (χ3n) is 1.85. The highest BCUT2D eigenvalue weighted by molar-refractivity contribution is 7.99. The summed E-state index contributed by atoms with van der Waals surface area (Å²) in [7, 11) is 6.03. The first-order valence-corrected chi connectivity index (χ1v) is 5.52. The molecule has 0 fully saturated rings. The van der Waals surface area contributed by atoms with E-state index < -0.39 is 0 Å². The van der Waals surface area contributed by atoms with Crippen LogP contribution in [0.3, 0.4) is 0 Å². The Balaban J connectivity index is 2.28. The molecule has 0 saturated heterocycles. The van der Waals surface area contributed by atoms with Gasteiger partial charge in [-0.15, -0.1) is 10.2 Å². The number of anilines is 1. The summed E-state index contributed by atoms with van der Waals surface area (Å²) in [5, 5.41) is 8.65. The molecule has 0 bridgehead atoms. The zero-order valence-electron chi connectivity index (χ0n) is 8.90. The topological polar surface area (TPSA) is 60.0 Å². The van der Waals surface area contributed by atoms with Gasteiger partial charge in [0.1, 0.15) is 0 Å². The van der Waals surface area contributed by atoms with Crippen LogP contribution in [0.2, 0.25) is 0 Å². The largest absolute Gasteiger partial charge is 0.368 e. The lowest BCUT2D eigenvalue weighted by molar-refractivity contribution is 0.410. The smallest absolute Gasteiger partial charge is 0.222 e. The highest BCUT2D eigenvalue weighted by atomic mass is 32.2. The number of nitrogens with zero attached hydrogens (tertiary/aromatic N) is 4. The molecule has 1 heterocycles. The summed E-state index contributed by atoms with van der Waals surface area (Å²) in [6.45, 7) is 1.10. The van der Waals surface area contributed by atoms with Crippen LogP contribution in [0.25, 0.3) is 0 Å². The van der Waals surface area contributed by atoms with E-state index >= 15 is 0 Å². The molecule has 0 aliphatic carbocycles. The van der Waals surface area contributed by atoms with Gasteiger partial charge in [-0.25, -0.2) is 0 Å². The lowest BCUT2D eigenvalue weighted by Gasteiger charge is -2.07. The van der Waals surface area contributed by atoms with Gasteiger partial charge in [0, 0.05) is 12.8 Å². The van der Waals surface area contributed by atoms with Crippen molar-refractivity contribution in [3.8, 4) is 0 Å². The van der Waals surface area contributed by atoms with Gasteiger partial charge in [-0.2, -0.15) is 0 Å². The summed E-state index contributed by atoms with van der Waals surface area (Å²) in [6, 6.07) is 0. The molecule has 0 spiro atoms. The van der Waals surface area contributed by atoms with Crippen LogP contribution in [-0.2, 0) is 7.05 Å². The standard InChI is InChI=1S/C8H17N5S/c1-12(2)5-4-6-14-8-11-10-7(9)13(8)3/h4-6H2,1-3H3,(H2,9,10). The Hall–Kier alpha value is -0.750. The van der Waals surface area contributed by atoms with Crippen molar-refractivity contribution >= 4 is 17.7 Å². The van der Waals surface area contributed by atoms with E-state index in [2.05, 4.69) is 29.2 Å². The SMILES string of the molecule is CN(C)CCCSc1nnc(N)n1C. The minimum Gasteiger partial charge on any atom is -0.368 e. The molecule has 1 aromatic rings. The van der Waals surface area contributed by atoms with Gasteiger partial charge in [0.05, 0.1) is 0 Å². The second-order valence-corrected chi connectivity index (χ2v) is 4.47. The normalized spacial score (nSPS) is 11.1. The first kappa shape index (κ1) is 11.3. The number of hydrogen-bond donors (Lipinski definition) is 1. The molecule has 0 aliphatic rings. The zero-order chi connectivity index (χ0) is 10.6. The molecule has 6 heteroatoms. The van der Waals surface area contributed by atoms with Crippen LogP contribution in [0.15, 0.2) is 5.16 Å². The van der Waals surface area contributed by atoms with E-state index in [1.807, 2.05) is 7.05 Å². The Kier molecular flexibility index (Phi) is 4.21. The maximum Gasteiger partial charge on any atom is 0.222 e. The quantitative estimate of drug-likeness (QED) is 0.570. The van der Waals surface area contributed by atoms with Gasteiger partial charge in [0.15, 0.2) is 5.16 Å². The molecule has 0 amide bonds. The van der Waals surface area contributed by atoms with E-state index in [1.165, 1.54) is 0 Å². The van der Waals surface area contributed by atoms with Crippen molar-refractivity contribution < 1.29 is 0 Å². The van der Waals surface area contributed by atoms with E-state index in [0.29, 0.717) is 5.95 Å². The third-order valence-corrected chi connectivity index (χ3v) is 2.96. The van der Waals surface area contributed by atoms with Crippen LogP contribution in [-0.4, -0.2) is 46.1 Å². The van der Waals surface area contributed by atoms with Crippen LogP contribution >= 0.6 is 11.8 Å². The summed E-state index contributed by atoms with van der Waals surface area (Å²) in [6.07, 6.45) is 1.14. The Bertz CT molecular complexity index is 283. The lowest BCUT2D eigenvalue weighted by atomic mass is 10.5. The fourth-order valence-electron chi connectivity index (χ4n) is 0.996. The minimum absolute atomic E-state index is 0.472. The molecule has 0 atom stereocenters. The van der Waals surface area contributed by atoms with Gasteiger partial charge in [0.2, 0.25) is 5.95 Å². The number of nitrogen functional groups attached to an aromatic ring is 1. The molecule has 1 rings (SSSR count). The number of nitrogens with two attached hydrogens (primary N) is 1. The Morgan fingerprint density at radius 3 is 2.64 bits per heavy atom. The average Bonchev–Trinajstić information content (AvgIpc) is 2.43. The zero-order valence-corrected chi connectivity index (χ0v) is 9.71. The molecule has 1 aromatic heterocycles. The lowest BCUT2D eigenvalue weighted by Crippen LogP contribution is -2.13. The molecule has 0 radical (unpaired) electrons. The second-order valence-electron chi connectivity index (χ2n) is 3.41. The Labute approximate surface area is 88.7 Å². The predicted molar refractivity (Wildman–Crippen MR) is 59.3 cm³/mol. The van der Waals surface area contributed by atoms with Crippen molar-refractivity contribution in [3.63, 3.8) is 0 Å². The Morgan fingerprint density at radius 1 is 1.43 bits per heavy atom. The molecular weight excluding hydrogens is 198 g/mol. The summed E-state index contributed by atoms with van der Waals surface area (Å²) in [5.41, 5.74) is 5.56. The predicted octanol–water partition coefficient (Wildman–Crippen LogP) is 0.441. The Morgan fingerprint density at radius 2 is 2.14 bits per heavy atom. The molecule has 5 nitrogen and oxygen atoms in total. The highest BCUT2D eigenvalue weighted by Gasteiger charge is 2.05. The first-order valence-electron chi connectivity index (χ1n) is 4.53. The molecule has 80 valence electrons. The number of thioether (sulfide) groups is 1. The number of hydrogen-bond acceptors (Lipinski definition) is 5. The maximum atomic E-state index is 5.56. The van der Waals surface area contributed by atoms with Crippen LogP contribution < -0.4 is 5.73 Å². The average molecular weight is 215 g/mol. The second kappa shape index (κ2) is 5.21. The summed E-state index contributed by atoms with van der Waals surface area (Å²) in [5.74, 6) is 1.52. The van der Waals surface area contributed by atoms with Crippen molar-refractivity contribution in [2.45, 2.75) is 11.6 Å². The van der Waals surface area contributed by atoms with Crippen LogP contribution in [0.4, 0.5) is 5.95 Å². The first-order chi connectivity index (χ1) is 6.61. The van der Waals surface area contributed by atoms with Crippen molar-refractivity contribution in [2.75, 3.05) is 32.1 Å². The van der Waals surface area contributed by atoms with Crippen molar-refractivity contribution in [1.82, 2.24) is 19.7 Å². The van der Waals surface area contributed by atoms with Crippen LogP contribution in [0, 0.1) is 0 Å². The fourth-order valence-corrected chi connectivity index (χ4v) is 1.84. The van der Waals surface area contributed by atoms with Gasteiger partial charge in [-0.1, -0.05) is 11.8 Å². The summed E-state index contributed by atoms with van der Waals surface area (Å²) < 4.78 is 1.81. The molecule has 0 unspecified atom stereocenters. The molecule has 0 aromatic carbocycles. The summed E-state index contributed by atoms with van der Waals surface area (Å²) >= 11 is 1.69. The summed E-state index contributed by atoms with van der Waals surface area (Å²) in [4.78, 5) is 2.17. The van der Waals surface area contributed by atoms with Gasteiger partial charge >= 0.3 is 0 Å². The van der Waals surface area contributed by atoms with Gasteiger partial charge < -0.3 is 10.6 Å². The van der Waals surface area contributed by atoms with E-state index in [0.717, 1.165) is 23.9 Å². The number of rotatable bonds is 5. The molecule has 0 saturated carbocycles. The monoisotopic (exact) mass is 215 g/mol. The van der Waals surface area contributed by atoms with Gasteiger partial charge in [0.25, 0.3) is 0 Å². The van der Waals surface area contributed by atoms with Gasteiger partial charge in [-0.3, -0.25) is 4.57 Å². The van der Waals surface area contributed by atoms with Crippen molar-refractivity contribution in [2.24, 2.45) is 7.05 Å². The molecular formula is C8H17N5S. The van der Waals surface area contributed by atoms with Crippen LogP contribution in [0.5, 0.6) is 0 Å².